The number of hydrogen-bond donors (Lipinski definition) is 0. The average molecular weight is 235 g/mol. The van der Waals surface area contributed by atoms with E-state index in [1.807, 2.05) is 11.3 Å². The predicted octanol–water partition coefficient (Wildman–Crippen LogP) is 3.87. The Kier molecular flexibility index (Phi) is 3.30. The molecule has 0 aromatic carbocycles. The third kappa shape index (κ3) is 2.05. The van der Waals surface area contributed by atoms with E-state index in [1.165, 1.54) is 51.6 Å². The van der Waals surface area contributed by atoms with Crippen molar-refractivity contribution < 1.29 is 0 Å². The van der Waals surface area contributed by atoms with Gasteiger partial charge in [0.25, 0.3) is 0 Å². The van der Waals surface area contributed by atoms with Crippen LogP contribution in [-0.4, -0.2) is 24.0 Å². The normalized spacial score (nSPS) is 32.0. The lowest BCUT2D eigenvalue weighted by atomic mass is 9.82. The molecule has 1 nitrogen and oxygen atoms in total. The van der Waals surface area contributed by atoms with Gasteiger partial charge in [-0.3, -0.25) is 4.90 Å². The van der Waals surface area contributed by atoms with Crippen molar-refractivity contribution in [2.45, 2.75) is 50.5 Å². The molecular weight excluding hydrogens is 214 g/mol. The minimum atomic E-state index is 0.840. The van der Waals surface area contributed by atoms with Crippen LogP contribution in [0, 0.1) is 0 Å². The van der Waals surface area contributed by atoms with Crippen molar-refractivity contribution in [1.82, 2.24) is 4.90 Å². The van der Waals surface area contributed by atoms with E-state index in [1.54, 1.807) is 4.88 Å². The van der Waals surface area contributed by atoms with Crippen LogP contribution in [0.5, 0.6) is 0 Å². The van der Waals surface area contributed by atoms with Crippen molar-refractivity contribution in [2.75, 3.05) is 13.1 Å². The van der Waals surface area contributed by atoms with E-state index in [9.17, 15) is 0 Å². The molecule has 2 heterocycles. The Bertz CT molecular complexity index is 313. The number of hydrogen-bond acceptors (Lipinski definition) is 2. The lowest BCUT2D eigenvalue weighted by Gasteiger charge is -2.37. The van der Waals surface area contributed by atoms with Gasteiger partial charge in [0.05, 0.1) is 0 Å². The molecular formula is C14H21NS. The second-order valence-corrected chi connectivity index (χ2v) is 6.20. The van der Waals surface area contributed by atoms with E-state index < -0.39 is 0 Å². The van der Waals surface area contributed by atoms with Crippen LogP contribution >= 0.6 is 11.3 Å². The standard InChI is InChI=1S/C14H21NS/c1-2-7-13(15-9-3-4-10-15)12(6-1)14-8-5-11-16-14/h5,8,11-13H,1-4,6-7,9-10H2. The molecule has 1 aromatic rings. The van der Waals surface area contributed by atoms with Gasteiger partial charge in [-0.2, -0.15) is 0 Å². The summed E-state index contributed by atoms with van der Waals surface area (Å²) in [6.07, 6.45) is 8.58. The van der Waals surface area contributed by atoms with Crippen LogP contribution in [0.1, 0.15) is 49.3 Å². The topological polar surface area (TPSA) is 3.24 Å². The molecule has 1 saturated heterocycles. The lowest BCUT2D eigenvalue weighted by molar-refractivity contribution is 0.168. The maximum absolute atomic E-state index is 2.77. The van der Waals surface area contributed by atoms with Gasteiger partial charge in [-0.15, -0.1) is 11.3 Å². The Morgan fingerprint density at radius 2 is 1.88 bits per heavy atom. The molecule has 1 saturated carbocycles. The predicted molar refractivity (Wildman–Crippen MR) is 70.1 cm³/mol. The quantitative estimate of drug-likeness (QED) is 0.752. The van der Waals surface area contributed by atoms with Crippen LogP contribution in [0.4, 0.5) is 0 Å². The van der Waals surface area contributed by atoms with Crippen LogP contribution in [-0.2, 0) is 0 Å². The monoisotopic (exact) mass is 235 g/mol. The van der Waals surface area contributed by atoms with Crippen molar-refractivity contribution >= 4 is 11.3 Å². The number of rotatable bonds is 2. The van der Waals surface area contributed by atoms with Gasteiger partial charge in [-0.25, -0.2) is 0 Å². The van der Waals surface area contributed by atoms with Crippen molar-refractivity contribution in [1.29, 1.82) is 0 Å². The second kappa shape index (κ2) is 4.89. The molecule has 2 heteroatoms. The molecule has 1 aliphatic carbocycles. The first-order valence-corrected chi connectivity index (χ1v) is 7.60. The van der Waals surface area contributed by atoms with E-state index in [0.717, 1.165) is 12.0 Å². The number of thiophene rings is 1. The molecule has 0 spiro atoms. The molecule has 1 aromatic heterocycles. The van der Waals surface area contributed by atoms with Gasteiger partial charge in [-0.1, -0.05) is 18.9 Å². The highest BCUT2D eigenvalue weighted by Crippen LogP contribution is 2.39. The summed E-state index contributed by atoms with van der Waals surface area (Å²) in [5, 5.41) is 2.24. The Labute approximate surface area is 102 Å². The molecule has 0 N–H and O–H groups in total. The highest BCUT2D eigenvalue weighted by molar-refractivity contribution is 7.10. The fourth-order valence-corrected chi connectivity index (χ4v) is 4.38. The van der Waals surface area contributed by atoms with Crippen molar-refractivity contribution in [3.8, 4) is 0 Å². The van der Waals surface area contributed by atoms with Crippen LogP contribution in [0.2, 0.25) is 0 Å². The zero-order valence-electron chi connectivity index (χ0n) is 9.90. The lowest BCUT2D eigenvalue weighted by Crippen LogP contribution is -2.39. The summed E-state index contributed by atoms with van der Waals surface area (Å²) in [7, 11) is 0. The van der Waals surface area contributed by atoms with Crippen LogP contribution in [0.15, 0.2) is 17.5 Å². The average Bonchev–Trinajstić information content (AvgIpc) is 3.03. The molecule has 2 fully saturated rings. The van der Waals surface area contributed by atoms with Gasteiger partial charge in [0.15, 0.2) is 0 Å². The third-order valence-corrected chi connectivity index (χ3v) is 5.25. The first kappa shape index (κ1) is 10.8. The molecule has 2 unspecified atom stereocenters. The van der Waals surface area contributed by atoms with E-state index in [2.05, 4.69) is 22.4 Å². The summed E-state index contributed by atoms with van der Waals surface area (Å²) in [5.74, 6) is 0.840. The molecule has 2 atom stereocenters. The summed E-state index contributed by atoms with van der Waals surface area (Å²) in [5.41, 5.74) is 0. The molecule has 2 aliphatic rings. The second-order valence-electron chi connectivity index (χ2n) is 5.22. The SMILES string of the molecule is c1csc(C2CCCCC2N2CCCC2)c1. The van der Waals surface area contributed by atoms with Crippen molar-refractivity contribution in [2.24, 2.45) is 0 Å². The van der Waals surface area contributed by atoms with Crippen LogP contribution in [0.25, 0.3) is 0 Å². The molecule has 16 heavy (non-hydrogen) atoms. The van der Waals surface area contributed by atoms with Gasteiger partial charge < -0.3 is 0 Å². The molecule has 3 rings (SSSR count). The zero-order chi connectivity index (χ0) is 10.8. The van der Waals surface area contributed by atoms with Gasteiger partial charge in [0.2, 0.25) is 0 Å². The largest absolute Gasteiger partial charge is 0.300 e. The summed E-state index contributed by atoms with van der Waals surface area (Å²) in [6, 6.07) is 5.43. The maximum atomic E-state index is 2.77. The smallest absolute Gasteiger partial charge is 0.0172 e. The first-order valence-electron chi connectivity index (χ1n) is 6.72. The van der Waals surface area contributed by atoms with Gasteiger partial charge in [0, 0.05) is 16.8 Å². The molecule has 0 radical (unpaired) electrons. The number of likely N-dealkylation sites (tertiary alicyclic amines) is 1. The third-order valence-electron chi connectivity index (χ3n) is 4.25. The van der Waals surface area contributed by atoms with Gasteiger partial charge in [-0.05, 0) is 50.2 Å². The molecule has 0 amide bonds. The minimum Gasteiger partial charge on any atom is -0.300 e. The van der Waals surface area contributed by atoms with Crippen LogP contribution < -0.4 is 0 Å². The summed E-state index contributed by atoms with van der Waals surface area (Å²) in [6.45, 7) is 2.71. The van der Waals surface area contributed by atoms with Crippen molar-refractivity contribution in [3.05, 3.63) is 22.4 Å². The van der Waals surface area contributed by atoms with Crippen LogP contribution in [0.3, 0.4) is 0 Å². The Balaban J connectivity index is 1.78. The fraction of sp³-hybridized carbons (Fsp3) is 0.714. The van der Waals surface area contributed by atoms with E-state index in [-0.39, 0.29) is 0 Å². The van der Waals surface area contributed by atoms with Crippen molar-refractivity contribution in [3.63, 3.8) is 0 Å². The molecule has 88 valence electrons. The highest BCUT2D eigenvalue weighted by atomic mass is 32.1. The fourth-order valence-electron chi connectivity index (χ4n) is 3.46. The number of nitrogens with zero attached hydrogens (tertiary/aromatic N) is 1. The summed E-state index contributed by atoms with van der Waals surface area (Å²) in [4.78, 5) is 4.40. The molecule has 1 aliphatic heterocycles. The highest BCUT2D eigenvalue weighted by Gasteiger charge is 2.32. The van der Waals surface area contributed by atoms with E-state index in [4.69, 9.17) is 0 Å². The zero-order valence-corrected chi connectivity index (χ0v) is 10.7. The van der Waals surface area contributed by atoms with Gasteiger partial charge >= 0.3 is 0 Å². The molecule has 0 bridgehead atoms. The van der Waals surface area contributed by atoms with E-state index in [0.29, 0.717) is 0 Å². The maximum Gasteiger partial charge on any atom is 0.0172 e. The first-order chi connectivity index (χ1) is 7.95. The summed E-state index contributed by atoms with van der Waals surface area (Å²) >= 11 is 1.97. The Morgan fingerprint density at radius 3 is 2.62 bits per heavy atom. The van der Waals surface area contributed by atoms with Gasteiger partial charge in [0.1, 0.15) is 0 Å². The Hall–Kier alpha value is -0.340. The summed E-state index contributed by atoms with van der Waals surface area (Å²) < 4.78 is 0. The Morgan fingerprint density at radius 1 is 1.06 bits per heavy atom. The minimum absolute atomic E-state index is 0.840. The van der Waals surface area contributed by atoms with E-state index >= 15 is 0 Å².